The molecular weight excluding hydrogens is 228 g/mol. The fourth-order valence-corrected chi connectivity index (χ4v) is 1.34. The lowest BCUT2D eigenvalue weighted by Crippen LogP contribution is -2.35. The van der Waals surface area contributed by atoms with Crippen LogP contribution in [0.2, 0.25) is 0 Å². The number of benzene rings is 1. The molecule has 1 aromatic carbocycles. The third kappa shape index (κ3) is 5.41. The predicted octanol–water partition coefficient (Wildman–Crippen LogP) is 0.995. The van der Waals surface area contributed by atoms with Gasteiger partial charge in [0.05, 0.1) is 0 Å². The van der Waals surface area contributed by atoms with E-state index < -0.39 is 11.7 Å². The van der Waals surface area contributed by atoms with E-state index in [1.165, 1.54) is 6.08 Å². The monoisotopic (exact) mass is 246 g/mol. The van der Waals surface area contributed by atoms with Crippen LogP contribution in [0, 0.1) is 0 Å². The first-order chi connectivity index (χ1) is 8.74. The fourth-order valence-electron chi connectivity index (χ4n) is 1.34. The predicted molar refractivity (Wildman–Crippen MR) is 72.0 cm³/mol. The highest BCUT2D eigenvalue weighted by Gasteiger charge is 2.08. The molecule has 0 aromatic heterocycles. The van der Waals surface area contributed by atoms with Gasteiger partial charge in [0.1, 0.15) is 0 Å². The molecule has 0 saturated carbocycles. The third-order valence-corrected chi connectivity index (χ3v) is 2.29. The lowest BCUT2D eigenvalue weighted by Gasteiger charge is -2.02. The Hall–Kier alpha value is -1.94. The maximum Gasteiger partial charge on any atom is 0.291 e. The van der Waals surface area contributed by atoms with Crippen molar-refractivity contribution in [3.8, 4) is 0 Å². The summed E-state index contributed by atoms with van der Waals surface area (Å²) in [5, 5.41) is 5.61. The molecule has 0 aliphatic rings. The zero-order valence-corrected chi connectivity index (χ0v) is 10.5. The van der Waals surface area contributed by atoms with E-state index in [4.69, 9.17) is 0 Å². The maximum absolute atomic E-state index is 11.5. The number of hydrogen-bond donors (Lipinski definition) is 2. The van der Waals surface area contributed by atoms with Gasteiger partial charge < -0.3 is 10.6 Å². The first-order valence-corrected chi connectivity index (χ1v) is 6.00. The van der Waals surface area contributed by atoms with Gasteiger partial charge in [-0.2, -0.15) is 0 Å². The van der Waals surface area contributed by atoms with Gasteiger partial charge in [0.25, 0.3) is 5.91 Å². The average Bonchev–Trinajstić information content (AvgIpc) is 2.42. The van der Waals surface area contributed by atoms with Crippen LogP contribution in [0.1, 0.15) is 12.5 Å². The van der Waals surface area contributed by atoms with Crippen molar-refractivity contribution in [1.29, 1.82) is 0 Å². The van der Waals surface area contributed by atoms with Gasteiger partial charge in [-0.05, 0) is 18.2 Å². The Morgan fingerprint density at radius 2 is 1.89 bits per heavy atom. The van der Waals surface area contributed by atoms with Crippen LogP contribution in [-0.4, -0.2) is 31.3 Å². The van der Waals surface area contributed by atoms with Crippen LogP contribution >= 0.6 is 0 Å². The van der Waals surface area contributed by atoms with Crippen molar-refractivity contribution in [3.63, 3.8) is 0 Å². The number of amides is 1. The summed E-state index contributed by atoms with van der Waals surface area (Å²) in [4.78, 5) is 22.8. The molecule has 4 heteroatoms. The highest BCUT2D eigenvalue weighted by atomic mass is 16.2. The quantitative estimate of drug-likeness (QED) is 0.428. The van der Waals surface area contributed by atoms with E-state index in [-0.39, 0.29) is 0 Å². The Morgan fingerprint density at radius 1 is 1.17 bits per heavy atom. The Balaban J connectivity index is 2.36. The van der Waals surface area contributed by atoms with Crippen molar-refractivity contribution in [3.05, 3.63) is 42.0 Å². The van der Waals surface area contributed by atoms with Gasteiger partial charge >= 0.3 is 0 Å². The number of carbonyl (C=O) groups excluding carboxylic acids is 2. The summed E-state index contributed by atoms with van der Waals surface area (Å²) in [5.74, 6) is -1.10. The van der Waals surface area contributed by atoms with E-state index in [0.717, 1.165) is 12.1 Å². The van der Waals surface area contributed by atoms with Crippen molar-refractivity contribution >= 4 is 17.8 Å². The number of likely N-dealkylation sites (N-methyl/N-ethyl adjacent to an activating group) is 1. The maximum atomic E-state index is 11.5. The molecule has 0 fully saturated rings. The Morgan fingerprint density at radius 3 is 2.56 bits per heavy atom. The molecule has 0 heterocycles. The van der Waals surface area contributed by atoms with Crippen molar-refractivity contribution in [1.82, 2.24) is 10.6 Å². The summed E-state index contributed by atoms with van der Waals surface area (Å²) < 4.78 is 0. The van der Waals surface area contributed by atoms with Gasteiger partial charge in [-0.15, -0.1) is 0 Å². The minimum absolute atomic E-state index is 0.456. The smallest absolute Gasteiger partial charge is 0.291 e. The molecule has 0 atom stereocenters. The van der Waals surface area contributed by atoms with E-state index in [2.05, 4.69) is 10.6 Å². The van der Waals surface area contributed by atoms with Gasteiger partial charge in [-0.25, -0.2) is 0 Å². The number of hydrogen-bond acceptors (Lipinski definition) is 3. The third-order valence-electron chi connectivity index (χ3n) is 2.29. The van der Waals surface area contributed by atoms with Crippen LogP contribution < -0.4 is 10.6 Å². The van der Waals surface area contributed by atoms with Crippen LogP contribution in [0.25, 0.3) is 6.08 Å². The lowest BCUT2D eigenvalue weighted by molar-refractivity contribution is -0.135. The first kappa shape index (κ1) is 14.1. The molecule has 0 bridgehead atoms. The van der Waals surface area contributed by atoms with E-state index in [9.17, 15) is 9.59 Å². The average molecular weight is 246 g/mol. The molecule has 0 spiro atoms. The zero-order valence-electron chi connectivity index (χ0n) is 10.5. The molecule has 2 N–H and O–H groups in total. The summed E-state index contributed by atoms with van der Waals surface area (Å²) in [6.45, 7) is 3.95. The van der Waals surface area contributed by atoms with Gasteiger partial charge in [-0.1, -0.05) is 43.3 Å². The number of carbonyl (C=O) groups is 2. The van der Waals surface area contributed by atoms with E-state index >= 15 is 0 Å². The van der Waals surface area contributed by atoms with Crippen LogP contribution in [0.4, 0.5) is 0 Å². The minimum Gasteiger partial charge on any atom is -0.348 e. The minimum atomic E-state index is -0.569. The highest BCUT2D eigenvalue weighted by molar-refractivity contribution is 6.41. The van der Waals surface area contributed by atoms with Crippen molar-refractivity contribution < 1.29 is 9.59 Å². The van der Waals surface area contributed by atoms with Crippen LogP contribution in [-0.2, 0) is 9.59 Å². The van der Waals surface area contributed by atoms with Crippen molar-refractivity contribution in [2.24, 2.45) is 0 Å². The van der Waals surface area contributed by atoms with Gasteiger partial charge in [-0.3, -0.25) is 9.59 Å². The fraction of sp³-hybridized carbons (Fsp3) is 0.286. The Labute approximate surface area is 107 Å². The topological polar surface area (TPSA) is 58.2 Å². The highest BCUT2D eigenvalue weighted by Crippen LogP contribution is 2.00. The van der Waals surface area contributed by atoms with E-state index in [1.54, 1.807) is 6.08 Å². The summed E-state index contributed by atoms with van der Waals surface area (Å²) in [7, 11) is 0. The number of ketones is 1. The molecule has 1 aromatic rings. The van der Waals surface area contributed by atoms with Crippen LogP contribution in [0.3, 0.4) is 0 Å². The molecule has 0 saturated heterocycles. The SMILES string of the molecule is CCNCCNC(=O)C(=O)/C=C/c1ccccc1. The molecular formula is C14H18N2O2. The Kier molecular flexibility index (Phi) is 6.43. The van der Waals surface area contributed by atoms with E-state index in [0.29, 0.717) is 13.1 Å². The summed E-state index contributed by atoms with van der Waals surface area (Å²) >= 11 is 0. The van der Waals surface area contributed by atoms with Gasteiger partial charge in [0, 0.05) is 13.1 Å². The molecule has 0 radical (unpaired) electrons. The second kappa shape index (κ2) is 8.20. The molecule has 18 heavy (non-hydrogen) atoms. The number of rotatable bonds is 7. The van der Waals surface area contributed by atoms with Crippen molar-refractivity contribution in [2.45, 2.75) is 6.92 Å². The standard InChI is InChI=1S/C14H18N2O2/c1-2-15-10-11-16-14(18)13(17)9-8-12-6-4-3-5-7-12/h3-9,15H,2,10-11H2,1H3,(H,16,18)/b9-8+. The number of nitrogens with one attached hydrogen (secondary N) is 2. The Bertz CT molecular complexity index is 413. The molecule has 1 amide bonds. The molecule has 96 valence electrons. The summed E-state index contributed by atoms with van der Waals surface area (Å²) in [5.41, 5.74) is 0.895. The first-order valence-electron chi connectivity index (χ1n) is 6.00. The van der Waals surface area contributed by atoms with Crippen LogP contribution in [0.5, 0.6) is 0 Å². The molecule has 1 rings (SSSR count). The molecule has 0 unspecified atom stereocenters. The largest absolute Gasteiger partial charge is 0.348 e. The molecule has 4 nitrogen and oxygen atoms in total. The zero-order chi connectivity index (χ0) is 13.2. The second-order valence-electron chi connectivity index (χ2n) is 3.72. The van der Waals surface area contributed by atoms with Crippen molar-refractivity contribution in [2.75, 3.05) is 19.6 Å². The van der Waals surface area contributed by atoms with E-state index in [1.807, 2.05) is 37.3 Å². The lowest BCUT2D eigenvalue weighted by atomic mass is 10.2. The summed E-state index contributed by atoms with van der Waals surface area (Å²) in [6.07, 6.45) is 2.92. The van der Waals surface area contributed by atoms with Gasteiger partial charge in [0.15, 0.2) is 0 Å². The second-order valence-corrected chi connectivity index (χ2v) is 3.72. The normalized spacial score (nSPS) is 10.5. The van der Waals surface area contributed by atoms with Crippen LogP contribution in [0.15, 0.2) is 36.4 Å². The molecule has 0 aliphatic heterocycles. The summed E-state index contributed by atoms with van der Waals surface area (Å²) in [6, 6.07) is 9.38. The molecule has 0 aliphatic carbocycles. The van der Waals surface area contributed by atoms with Gasteiger partial charge in [0.2, 0.25) is 5.78 Å².